The molecule has 2 rings (SSSR count). The lowest BCUT2D eigenvalue weighted by Crippen LogP contribution is -2.41. The summed E-state index contributed by atoms with van der Waals surface area (Å²) in [4.78, 5) is 34.3. The van der Waals surface area contributed by atoms with Crippen LogP contribution in [0.3, 0.4) is 0 Å². The molecule has 14 heavy (non-hydrogen) atoms. The number of nitrogens with zero attached hydrogens (tertiary/aromatic N) is 1. The average Bonchev–Trinajstić information content (AvgIpc) is 2.88. The second kappa shape index (κ2) is 3.28. The fourth-order valence-electron chi connectivity index (χ4n) is 1.26. The van der Waals surface area contributed by atoms with Gasteiger partial charge in [0.15, 0.2) is 0 Å². The van der Waals surface area contributed by atoms with Crippen molar-refractivity contribution in [3.05, 3.63) is 0 Å². The van der Waals surface area contributed by atoms with Gasteiger partial charge in [0, 0.05) is 6.04 Å². The molecule has 0 bridgehead atoms. The molecule has 2 N–H and O–H groups in total. The molecule has 76 valence electrons. The highest BCUT2D eigenvalue weighted by molar-refractivity contribution is 6.04. The predicted octanol–water partition coefficient (Wildman–Crippen LogP) is -1.18. The van der Waals surface area contributed by atoms with Crippen LogP contribution in [0, 0.1) is 0 Å². The van der Waals surface area contributed by atoms with Gasteiger partial charge >= 0.3 is 6.03 Å². The van der Waals surface area contributed by atoms with Crippen LogP contribution >= 0.6 is 0 Å². The molecule has 0 atom stereocenters. The molecule has 1 heterocycles. The Morgan fingerprint density at radius 3 is 2.71 bits per heavy atom. The minimum Gasteiger partial charge on any atom is -0.352 e. The fourth-order valence-corrected chi connectivity index (χ4v) is 1.26. The Morgan fingerprint density at radius 2 is 2.21 bits per heavy atom. The Balaban J connectivity index is 1.85. The molecule has 1 aliphatic carbocycles. The minimum atomic E-state index is -0.485. The summed E-state index contributed by atoms with van der Waals surface area (Å²) in [7, 11) is 0. The molecule has 0 aromatic carbocycles. The number of rotatable bonds is 3. The summed E-state index contributed by atoms with van der Waals surface area (Å²) in [5, 5.41) is 5.06. The van der Waals surface area contributed by atoms with Gasteiger partial charge in [-0.25, -0.2) is 4.79 Å². The molecule has 1 saturated carbocycles. The molecule has 6 nitrogen and oxygen atoms in total. The van der Waals surface area contributed by atoms with Gasteiger partial charge in [-0.2, -0.15) is 0 Å². The number of nitrogens with one attached hydrogen (secondary N) is 2. The van der Waals surface area contributed by atoms with Gasteiger partial charge in [-0.3, -0.25) is 14.5 Å². The van der Waals surface area contributed by atoms with Crippen LogP contribution in [0.15, 0.2) is 0 Å². The SMILES string of the molecule is O=C(CN1C(=O)CNC1=O)NC1CC1. The van der Waals surface area contributed by atoms with Gasteiger partial charge in [-0.15, -0.1) is 0 Å². The minimum absolute atomic E-state index is 0.00442. The Labute approximate surface area is 80.6 Å². The summed E-state index contributed by atoms with van der Waals surface area (Å²) >= 11 is 0. The number of carbonyl (C=O) groups is 3. The summed E-state index contributed by atoms with van der Waals surface area (Å²) in [6.07, 6.45) is 1.98. The zero-order valence-electron chi connectivity index (χ0n) is 7.58. The molecule has 2 fully saturated rings. The van der Waals surface area contributed by atoms with Crippen LogP contribution in [0.1, 0.15) is 12.8 Å². The first kappa shape index (κ1) is 8.98. The van der Waals surface area contributed by atoms with E-state index in [0.717, 1.165) is 17.7 Å². The van der Waals surface area contributed by atoms with E-state index in [2.05, 4.69) is 10.6 Å². The molecule has 1 aliphatic heterocycles. The van der Waals surface area contributed by atoms with E-state index in [1.807, 2.05) is 0 Å². The van der Waals surface area contributed by atoms with Gasteiger partial charge < -0.3 is 10.6 Å². The van der Waals surface area contributed by atoms with E-state index in [0.29, 0.717) is 0 Å². The Morgan fingerprint density at radius 1 is 1.50 bits per heavy atom. The van der Waals surface area contributed by atoms with Gasteiger partial charge in [-0.05, 0) is 12.8 Å². The fraction of sp³-hybridized carbons (Fsp3) is 0.625. The summed E-state index contributed by atoms with van der Waals surface area (Å²) in [5.41, 5.74) is 0. The van der Waals surface area contributed by atoms with E-state index in [-0.39, 0.29) is 30.9 Å². The first-order valence-electron chi connectivity index (χ1n) is 4.54. The van der Waals surface area contributed by atoms with Crippen LogP contribution in [-0.2, 0) is 9.59 Å². The molecule has 0 aromatic rings. The molecule has 0 unspecified atom stereocenters. The molecule has 0 radical (unpaired) electrons. The Kier molecular flexibility index (Phi) is 2.11. The second-order valence-corrected chi connectivity index (χ2v) is 3.48. The third-order valence-electron chi connectivity index (χ3n) is 2.18. The summed E-state index contributed by atoms with van der Waals surface area (Å²) in [5.74, 6) is -0.612. The normalized spacial score (nSPS) is 21.0. The zero-order chi connectivity index (χ0) is 10.1. The number of hydrogen-bond acceptors (Lipinski definition) is 3. The van der Waals surface area contributed by atoms with Crippen LogP contribution < -0.4 is 10.6 Å². The maximum atomic E-state index is 11.3. The monoisotopic (exact) mass is 197 g/mol. The Hall–Kier alpha value is -1.59. The van der Waals surface area contributed by atoms with E-state index in [1.54, 1.807) is 0 Å². The van der Waals surface area contributed by atoms with Gasteiger partial charge in [0.2, 0.25) is 5.91 Å². The highest BCUT2D eigenvalue weighted by Gasteiger charge is 2.31. The van der Waals surface area contributed by atoms with Gasteiger partial charge in [0.05, 0.1) is 6.54 Å². The van der Waals surface area contributed by atoms with Crippen molar-refractivity contribution in [2.24, 2.45) is 0 Å². The molecule has 6 heteroatoms. The van der Waals surface area contributed by atoms with E-state index in [9.17, 15) is 14.4 Å². The highest BCUT2D eigenvalue weighted by atomic mass is 16.2. The average molecular weight is 197 g/mol. The van der Waals surface area contributed by atoms with Crippen molar-refractivity contribution in [1.82, 2.24) is 15.5 Å². The van der Waals surface area contributed by atoms with E-state index in [4.69, 9.17) is 0 Å². The summed E-state index contributed by atoms with van der Waals surface area (Å²) in [6.45, 7) is -0.170. The predicted molar refractivity (Wildman–Crippen MR) is 46.3 cm³/mol. The van der Waals surface area contributed by atoms with E-state index >= 15 is 0 Å². The van der Waals surface area contributed by atoms with Crippen LogP contribution in [0.4, 0.5) is 4.79 Å². The summed E-state index contributed by atoms with van der Waals surface area (Å²) < 4.78 is 0. The first-order valence-corrected chi connectivity index (χ1v) is 4.54. The quantitative estimate of drug-likeness (QED) is 0.559. The molecule has 1 saturated heterocycles. The third kappa shape index (κ3) is 1.84. The number of amides is 4. The summed E-state index contributed by atoms with van der Waals surface area (Å²) in [6, 6.07) is -0.232. The maximum Gasteiger partial charge on any atom is 0.325 e. The number of imide groups is 1. The smallest absolute Gasteiger partial charge is 0.325 e. The van der Waals surface area contributed by atoms with E-state index < -0.39 is 6.03 Å². The largest absolute Gasteiger partial charge is 0.352 e. The lowest BCUT2D eigenvalue weighted by Gasteiger charge is -2.11. The standard InChI is InChI=1S/C8H11N3O3/c12-6(10-5-1-2-5)4-11-7(13)3-9-8(11)14/h5H,1-4H2,(H,9,14)(H,10,12). The molecule has 4 amide bonds. The van der Waals surface area contributed by atoms with Crippen molar-refractivity contribution in [3.8, 4) is 0 Å². The van der Waals surface area contributed by atoms with Crippen LogP contribution in [0.5, 0.6) is 0 Å². The third-order valence-corrected chi connectivity index (χ3v) is 2.18. The van der Waals surface area contributed by atoms with Crippen LogP contribution in [0.25, 0.3) is 0 Å². The first-order chi connectivity index (χ1) is 6.66. The van der Waals surface area contributed by atoms with Crippen molar-refractivity contribution in [2.45, 2.75) is 18.9 Å². The Bertz CT molecular complexity index is 282. The van der Waals surface area contributed by atoms with Gasteiger partial charge in [0.1, 0.15) is 6.54 Å². The van der Waals surface area contributed by atoms with Crippen molar-refractivity contribution < 1.29 is 14.4 Å². The van der Waals surface area contributed by atoms with Crippen LogP contribution in [0.2, 0.25) is 0 Å². The highest BCUT2D eigenvalue weighted by Crippen LogP contribution is 2.18. The topological polar surface area (TPSA) is 78.5 Å². The van der Waals surface area contributed by atoms with Crippen molar-refractivity contribution in [3.63, 3.8) is 0 Å². The maximum absolute atomic E-state index is 11.3. The van der Waals surface area contributed by atoms with Gasteiger partial charge in [-0.1, -0.05) is 0 Å². The van der Waals surface area contributed by atoms with E-state index in [1.165, 1.54) is 0 Å². The number of hydrogen-bond donors (Lipinski definition) is 2. The molecule has 0 aromatic heterocycles. The van der Waals surface area contributed by atoms with Crippen molar-refractivity contribution >= 4 is 17.8 Å². The number of carbonyl (C=O) groups excluding carboxylic acids is 3. The van der Waals surface area contributed by atoms with Gasteiger partial charge in [0.25, 0.3) is 5.91 Å². The molecular formula is C8H11N3O3. The molecule has 2 aliphatic rings. The number of urea groups is 1. The lowest BCUT2D eigenvalue weighted by molar-refractivity contribution is -0.130. The lowest BCUT2D eigenvalue weighted by atomic mass is 10.4. The van der Waals surface area contributed by atoms with Crippen molar-refractivity contribution in [2.75, 3.05) is 13.1 Å². The zero-order valence-corrected chi connectivity index (χ0v) is 7.58. The van der Waals surface area contributed by atoms with Crippen LogP contribution in [-0.4, -0.2) is 41.9 Å². The second-order valence-electron chi connectivity index (χ2n) is 3.48. The molecular weight excluding hydrogens is 186 g/mol. The van der Waals surface area contributed by atoms with Crippen molar-refractivity contribution in [1.29, 1.82) is 0 Å². The molecule has 0 spiro atoms.